The number of aromatic nitrogens is 1. The van der Waals surface area contributed by atoms with Crippen molar-refractivity contribution in [2.45, 2.75) is 29.2 Å². The molecule has 0 saturated carbocycles. The number of halogens is 5. The van der Waals surface area contributed by atoms with Crippen molar-refractivity contribution in [2.75, 3.05) is 18.0 Å². The average molecular weight is 521 g/mol. The molecule has 1 aliphatic rings. The van der Waals surface area contributed by atoms with Crippen molar-refractivity contribution >= 4 is 49.5 Å². The van der Waals surface area contributed by atoms with E-state index in [1.807, 2.05) is 10.3 Å². The maximum Gasteiger partial charge on any atom is 0.417 e. The van der Waals surface area contributed by atoms with Gasteiger partial charge in [0.05, 0.1) is 26.4 Å². The molecule has 0 spiro atoms. The molecule has 2 heterocycles. The van der Waals surface area contributed by atoms with E-state index >= 15 is 0 Å². The molecule has 2 aromatic carbocycles. The van der Waals surface area contributed by atoms with Gasteiger partial charge in [-0.15, -0.1) is 11.3 Å². The third-order valence-electron chi connectivity index (χ3n) is 5.35. The van der Waals surface area contributed by atoms with Gasteiger partial charge in [-0.1, -0.05) is 35.3 Å². The van der Waals surface area contributed by atoms with Crippen molar-refractivity contribution in [3.8, 4) is 11.3 Å². The van der Waals surface area contributed by atoms with Crippen molar-refractivity contribution in [1.82, 2.24) is 4.98 Å². The fraction of sp³-hybridized carbons (Fsp3) is 0.286. The summed E-state index contributed by atoms with van der Waals surface area (Å²) in [6.45, 7) is 0.749. The van der Waals surface area contributed by atoms with Crippen molar-refractivity contribution in [2.24, 2.45) is 0 Å². The Morgan fingerprint density at radius 3 is 2.41 bits per heavy atom. The average Bonchev–Trinajstić information content (AvgIpc) is 3.23. The van der Waals surface area contributed by atoms with E-state index in [1.165, 1.54) is 23.5 Å². The lowest BCUT2D eigenvalue weighted by Crippen LogP contribution is -2.39. The Hall–Kier alpha value is -1.81. The monoisotopic (exact) mass is 520 g/mol. The fourth-order valence-corrected chi connectivity index (χ4v) is 7.05. The number of hydrogen-bond donors (Lipinski definition) is 0. The summed E-state index contributed by atoms with van der Waals surface area (Å²) in [5, 5.41) is 2.67. The van der Waals surface area contributed by atoms with Crippen LogP contribution in [0, 0.1) is 0 Å². The summed E-state index contributed by atoms with van der Waals surface area (Å²) in [5.41, 5.74) is 0.298. The smallest absolute Gasteiger partial charge is 0.348 e. The predicted octanol–water partition coefficient (Wildman–Crippen LogP) is 6.58. The number of nitrogens with zero attached hydrogens (tertiary/aromatic N) is 2. The Balaban J connectivity index is 1.50. The lowest BCUT2D eigenvalue weighted by Gasteiger charge is -2.31. The maximum absolute atomic E-state index is 13.3. The molecular formula is C21H17Cl2F3N2O2S2. The van der Waals surface area contributed by atoms with E-state index < -0.39 is 31.7 Å². The third kappa shape index (κ3) is 4.62. The summed E-state index contributed by atoms with van der Waals surface area (Å²) in [4.78, 5) is 5.90. The van der Waals surface area contributed by atoms with Gasteiger partial charge in [0.15, 0.2) is 15.0 Å². The Labute approximate surface area is 197 Å². The van der Waals surface area contributed by atoms with Crippen LogP contribution in [0.1, 0.15) is 18.4 Å². The largest absolute Gasteiger partial charge is 0.417 e. The van der Waals surface area contributed by atoms with Crippen molar-refractivity contribution in [3.05, 3.63) is 63.5 Å². The van der Waals surface area contributed by atoms with E-state index in [0.717, 1.165) is 17.7 Å². The van der Waals surface area contributed by atoms with Crippen LogP contribution >= 0.6 is 34.5 Å². The molecule has 3 aromatic rings. The summed E-state index contributed by atoms with van der Waals surface area (Å²) in [6.07, 6.45) is -4.30. The number of sulfone groups is 1. The summed E-state index contributed by atoms with van der Waals surface area (Å²) >= 11 is 13.6. The fourth-order valence-electron chi connectivity index (χ4n) is 3.72. The maximum atomic E-state index is 13.3. The van der Waals surface area contributed by atoms with E-state index in [-0.39, 0.29) is 12.8 Å². The van der Waals surface area contributed by atoms with Gasteiger partial charge in [0.2, 0.25) is 0 Å². The summed E-state index contributed by atoms with van der Waals surface area (Å²) < 4.78 is 66.0. The van der Waals surface area contributed by atoms with Crippen LogP contribution < -0.4 is 4.90 Å². The Bertz CT molecular complexity index is 1240. The lowest BCUT2D eigenvalue weighted by atomic mass is 10.1. The number of piperidine rings is 1. The van der Waals surface area contributed by atoms with Gasteiger partial charge in [0, 0.05) is 29.1 Å². The highest BCUT2D eigenvalue weighted by molar-refractivity contribution is 7.92. The standard InChI is InChI=1S/C21H17Cl2F3N2O2S2/c22-13-5-6-15(17(23)11-13)18-12-31-20(27-18)28-9-7-14(8-10-28)32(29,30)19-4-2-1-3-16(19)21(24,25)26/h1-6,11-12,14H,7-10H2. The molecule has 0 unspecified atom stereocenters. The molecular weight excluding hydrogens is 504 g/mol. The van der Waals surface area contributed by atoms with E-state index in [9.17, 15) is 21.6 Å². The van der Waals surface area contributed by atoms with Gasteiger partial charge in [-0.3, -0.25) is 0 Å². The molecule has 11 heteroatoms. The van der Waals surface area contributed by atoms with Crippen molar-refractivity contribution in [1.29, 1.82) is 0 Å². The molecule has 0 aliphatic carbocycles. The van der Waals surface area contributed by atoms with Crippen LogP contribution in [0.4, 0.5) is 18.3 Å². The van der Waals surface area contributed by atoms with Gasteiger partial charge in [-0.25, -0.2) is 13.4 Å². The van der Waals surface area contributed by atoms with E-state index in [1.54, 1.807) is 18.2 Å². The van der Waals surface area contributed by atoms with E-state index in [4.69, 9.17) is 23.2 Å². The molecule has 0 bridgehead atoms. The molecule has 0 N–H and O–H groups in total. The third-order valence-corrected chi connectivity index (χ3v) is 9.12. The van der Waals surface area contributed by atoms with Crippen LogP contribution in [-0.4, -0.2) is 31.7 Å². The van der Waals surface area contributed by atoms with Gasteiger partial charge in [-0.2, -0.15) is 13.2 Å². The summed E-state index contributed by atoms with van der Waals surface area (Å²) in [6, 6.07) is 9.48. The highest BCUT2D eigenvalue weighted by Gasteiger charge is 2.40. The Morgan fingerprint density at radius 2 is 1.75 bits per heavy atom. The number of alkyl halides is 3. The van der Waals surface area contributed by atoms with Crippen LogP contribution in [0.2, 0.25) is 10.0 Å². The first-order chi connectivity index (χ1) is 15.1. The van der Waals surface area contributed by atoms with Gasteiger partial charge >= 0.3 is 6.18 Å². The molecule has 0 amide bonds. The van der Waals surface area contributed by atoms with E-state index in [2.05, 4.69) is 4.98 Å². The molecule has 1 saturated heterocycles. The van der Waals surface area contributed by atoms with Crippen LogP contribution in [-0.2, 0) is 16.0 Å². The van der Waals surface area contributed by atoms with Crippen LogP contribution in [0.3, 0.4) is 0 Å². The highest BCUT2D eigenvalue weighted by Crippen LogP contribution is 2.38. The second-order valence-electron chi connectivity index (χ2n) is 7.36. The zero-order chi connectivity index (χ0) is 23.1. The van der Waals surface area contributed by atoms with Crippen LogP contribution in [0.25, 0.3) is 11.3 Å². The number of anilines is 1. The molecule has 0 radical (unpaired) electrons. The minimum Gasteiger partial charge on any atom is -0.348 e. The Morgan fingerprint density at radius 1 is 1.06 bits per heavy atom. The van der Waals surface area contributed by atoms with Crippen molar-refractivity contribution in [3.63, 3.8) is 0 Å². The first kappa shape index (κ1) is 23.4. The van der Waals surface area contributed by atoms with E-state index in [0.29, 0.717) is 34.0 Å². The topological polar surface area (TPSA) is 50.3 Å². The molecule has 4 nitrogen and oxygen atoms in total. The molecule has 1 aromatic heterocycles. The number of rotatable bonds is 4. The quantitative estimate of drug-likeness (QED) is 0.389. The van der Waals surface area contributed by atoms with Gasteiger partial charge in [-0.05, 0) is 43.2 Å². The molecule has 1 fully saturated rings. The highest BCUT2D eigenvalue weighted by atomic mass is 35.5. The van der Waals surface area contributed by atoms with Crippen molar-refractivity contribution < 1.29 is 21.6 Å². The second-order valence-corrected chi connectivity index (χ2v) is 11.2. The second kappa shape index (κ2) is 8.85. The van der Waals surface area contributed by atoms with Gasteiger partial charge < -0.3 is 4.90 Å². The molecule has 1 aliphatic heterocycles. The zero-order valence-electron chi connectivity index (χ0n) is 16.4. The summed E-state index contributed by atoms with van der Waals surface area (Å²) in [5.74, 6) is 0. The number of thiazole rings is 1. The van der Waals surface area contributed by atoms with Crippen LogP contribution in [0.15, 0.2) is 52.7 Å². The van der Waals surface area contributed by atoms with Crippen LogP contribution in [0.5, 0.6) is 0 Å². The first-order valence-electron chi connectivity index (χ1n) is 9.63. The minimum atomic E-state index is -4.73. The predicted molar refractivity (Wildman–Crippen MR) is 121 cm³/mol. The zero-order valence-corrected chi connectivity index (χ0v) is 19.6. The normalized spacial score (nSPS) is 15.8. The summed E-state index contributed by atoms with van der Waals surface area (Å²) in [7, 11) is -4.12. The first-order valence-corrected chi connectivity index (χ1v) is 12.8. The molecule has 0 atom stereocenters. The SMILES string of the molecule is O=S(=O)(c1ccccc1C(F)(F)F)C1CCN(c2nc(-c3ccc(Cl)cc3Cl)cs2)CC1. The molecule has 4 rings (SSSR count). The van der Waals surface area contributed by atoms with Gasteiger partial charge in [0.25, 0.3) is 0 Å². The Kier molecular flexibility index (Phi) is 6.46. The molecule has 170 valence electrons. The minimum absolute atomic E-state index is 0.213. The molecule has 32 heavy (non-hydrogen) atoms. The lowest BCUT2D eigenvalue weighted by molar-refractivity contribution is -0.139. The number of benzene rings is 2. The van der Waals surface area contributed by atoms with Gasteiger partial charge in [0.1, 0.15) is 0 Å². The number of hydrogen-bond acceptors (Lipinski definition) is 5.